The van der Waals surface area contributed by atoms with E-state index in [4.69, 9.17) is 0 Å². The number of aromatic amines is 1. The molecule has 1 amide bonds. The van der Waals surface area contributed by atoms with Crippen molar-refractivity contribution in [1.29, 1.82) is 0 Å². The molecule has 1 aliphatic rings. The van der Waals surface area contributed by atoms with Gasteiger partial charge in [-0.05, 0) is 18.8 Å². The Hall–Kier alpha value is -1.39. The van der Waals surface area contributed by atoms with E-state index in [1.807, 2.05) is 4.90 Å². The summed E-state index contributed by atoms with van der Waals surface area (Å²) in [6.45, 7) is 5.97. The molecule has 0 aromatic carbocycles. The molecule has 5 nitrogen and oxygen atoms in total. The largest absolute Gasteiger partial charge is 0.342 e. The Labute approximate surface area is 114 Å². The maximum absolute atomic E-state index is 11.9. The molecule has 1 aromatic heterocycles. The summed E-state index contributed by atoms with van der Waals surface area (Å²) in [6, 6.07) is 0. The lowest BCUT2D eigenvalue weighted by molar-refractivity contribution is -0.130. The van der Waals surface area contributed by atoms with Gasteiger partial charge in [-0.15, -0.1) is 0 Å². The second-order valence-electron chi connectivity index (χ2n) is 5.74. The van der Waals surface area contributed by atoms with Gasteiger partial charge in [0.2, 0.25) is 5.91 Å². The molecule has 1 N–H and O–H groups in total. The van der Waals surface area contributed by atoms with Crippen LogP contribution in [0.15, 0.2) is 0 Å². The van der Waals surface area contributed by atoms with Gasteiger partial charge < -0.3 is 4.90 Å². The van der Waals surface area contributed by atoms with E-state index >= 15 is 0 Å². The van der Waals surface area contributed by atoms with Crippen LogP contribution in [0.25, 0.3) is 0 Å². The lowest BCUT2D eigenvalue weighted by Crippen LogP contribution is -2.32. The van der Waals surface area contributed by atoms with Gasteiger partial charge in [-0.1, -0.05) is 20.3 Å². The predicted molar refractivity (Wildman–Crippen MR) is 73.7 cm³/mol. The summed E-state index contributed by atoms with van der Waals surface area (Å²) in [4.78, 5) is 18.3. The first-order valence-corrected chi connectivity index (χ1v) is 7.33. The van der Waals surface area contributed by atoms with E-state index in [9.17, 15) is 4.79 Å². The molecule has 1 saturated heterocycles. The van der Waals surface area contributed by atoms with Crippen molar-refractivity contribution in [2.24, 2.45) is 5.92 Å². The first-order valence-electron chi connectivity index (χ1n) is 7.33. The van der Waals surface area contributed by atoms with Crippen LogP contribution in [0.2, 0.25) is 0 Å². The van der Waals surface area contributed by atoms with Gasteiger partial charge in [0.05, 0.1) is 0 Å². The minimum atomic E-state index is 0.287. The molecule has 0 atom stereocenters. The molecule has 0 saturated carbocycles. The van der Waals surface area contributed by atoms with E-state index in [1.54, 1.807) is 0 Å². The van der Waals surface area contributed by atoms with Crippen molar-refractivity contribution >= 4 is 5.91 Å². The summed E-state index contributed by atoms with van der Waals surface area (Å²) in [5.41, 5.74) is 0. The molecule has 5 heteroatoms. The standard InChI is InChI=1S/C14H24N4O/c1-11(2)10-13-15-12(16-17-13)7-9-18-8-5-3-4-6-14(18)19/h11H,3-10H2,1-2H3,(H,15,16,17). The molecule has 0 radical (unpaired) electrons. The number of carbonyl (C=O) groups excluding carboxylic acids is 1. The van der Waals surface area contributed by atoms with Gasteiger partial charge >= 0.3 is 0 Å². The number of H-pyrrole nitrogens is 1. The quantitative estimate of drug-likeness (QED) is 0.884. The van der Waals surface area contributed by atoms with E-state index in [1.165, 1.54) is 6.42 Å². The Morgan fingerprint density at radius 3 is 2.95 bits per heavy atom. The summed E-state index contributed by atoms with van der Waals surface area (Å²) < 4.78 is 0. The van der Waals surface area contributed by atoms with Crippen LogP contribution < -0.4 is 0 Å². The van der Waals surface area contributed by atoms with Crippen LogP contribution in [-0.4, -0.2) is 39.1 Å². The number of hydrogen-bond donors (Lipinski definition) is 1. The van der Waals surface area contributed by atoms with Crippen molar-refractivity contribution < 1.29 is 4.79 Å². The molecular weight excluding hydrogens is 240 g/mol. The maximum Gasteiger partial charge on any atom is 0.222 e. The molecule has 0 aliphatic carbocycles. The molecule has 0 spiro atoms. The molecule has 0 bridgehead atoms. The van der Waals surface area contributed by atoms with Gasteiger partial charge in [0, 0.05) is 32.4 Å². The maximum atomic E-state index is 11.9. The van der Waals surface area contributed by atoms with Crippen LogP contribution in [0.3, 0.4) is 0 Å². The van der Waals surface area contributed by atoms with Crippen molar-refractivity contribution in [3.05, 3.63) is 11.6 Å². The molecular formula is C14H24N4O. The van der Waals surface area contributed by atoms with Crippen LogP contribution in [0, 0.1) is 5.92 Å². The third-order valence-electron chi connectivity index (χ3n) is 3.46. The molecule has 1 fully saturated rings. The number of amides is 1. The van der Waals surface area contributed by atoms with Crippen LogP contribution in [0.4, 0.5) is 0 Å². The molecule has 2 rings (SSSR count). The Kier molecular flexibility index (Phi) is 4.93. The number of carbonyl (C=O) groups is 1. The molecule has 2 heterocycles. The summed E-state index contributed by atoms with van der Waals surface area (Å²) >= 11 is 0. The zero-order chi connectivity index (χ0) is 13.7. The topological polar surface area (TPSA) is 61.9 Å². The monoisotopic (exact) mass is 264 g/mol. The number of nitrogens with one attached hydrogen (secondary N) is 1. The van der Waals surface area contributed by atoms with Crippen molar-refractivity contribution in [3.8, 4) is 0 Å². The predicted octanol–water partition coefficient (Wildman–Crippen LogP) is 1.95. The van der Waals surface area contributed by atoms with Crippen LogP contribution in [0.1, 0.15) is 51.2 Å². The zero-order valence-corrected chi connectivity index (χ0v) is 12.0. The lowest BCUT2D eigenvalue weighted by atomic mass is 10.1. The van der Waals surface area contributed by atoms with E-state index < -0.39 is 0 Å². The van der Waals surface area contributed by atoms with Crippen molar-refractivity contribution in [2.75, 3.05) is 13.1 Å². The highest BCUT2D eigenvalue weighted by molar-refractivity contribution is 5.76. The van der Waals surface area contributed by atoms with Crippen LogP contribution >= 0.6 is 0 Å². The van der Waals surface area contributed by atoms with Gasteiger partial charge in [-0.2, -0.15) is 5.10 Å². The van der Waals surface area contributed by atoms with E-state index in [0.717, 1.165) is 50.4 Å². The Bertz CT molecular complexity index is 413. The Morgan fingerprint density at radius 2 is 2.16 bits per heavy atom. The van der Waals surface area contributed by atoms with Crippen molar-refractivity contribution in [2.45, 2.75) is 52.4 Å². The highest BCUT2D eigenvalue weighted by atomic mass is 16.2. The first kappa shape index (κ1) is 14.0. The van der Waals surface area contributed by atoms with Crippen LogP contribution in [-0.2, 0) is 17.6 Å². The lowest BCUT2D eigenvalue weighted by Gasteiger charge is -2.19. The summed E-state index contributed by atoms with van der Waals surface area (Å²) in [5.74, 6) is 2.64. The fourth-order valence-corrected chi connectivity index (χ4v) is 2.43. The highest BCUT2D eigenvalue weighted by Gasteiger charge is 2.16. The smallest absolute Gasteiger partial charge is 0.222 e. The highest BCUT2D eigenvalue weighted by Crippen LogP contribution is 2.11. The third-order valence-corrected chi connectivity index (χ3v) is 3.46. The average Bonchev–Trinajstić information content (AvgIpc) is 2.68. The molecule has 19 heavy (non-hydrogen) atoms. The van der Waals surface area contributed by atoms with E-state index in [0.29, 0.717) is 12.3 Å². The minimum absolute atomic E-state index is 0.287. The summed E-state index contributed by atoms with van der Waals surface area (Å²) in [6.07, 6.45) is 5.71. The van der Waals surface area contributed by atoms with Crippen molar-refractivity contribution in [1.82, 2.24) is 20.1 Å². The Morgan fingerprint density at radius 1 is 1.32 bits per heavy atom. The van der Waals surface area contributed by atoms with Gasteiger partial charge in [0.25, 0.3) is 0 Å². The van der Waals surface area contributed by atoms with Gasteiger partial charge in [-0.25, -0.2) is 4.98 Å². The molecule has 106 valence electrons. The molecule has 1 aromatic rings. The normalized spacial score (nSPS) is 17.0. The minimum Gasteiger partial charge on any atom is -0.342 e. The van der Waals surface area contributed by atoms with Gasteiger partial charge in [-0.3, -0.25) is 9.89 Å². The number of nitrogens with zero attached hydrogens (tertiary/aromatic N) is 3. The second-order valence-corrected chi connectivity index (χ2v) is 5.74. The first-order chi connectivity index (χ1) is 9.15. The number of hydrogen-bond acceptors (Lipinski definition) is 3. The summed E-state index contributed by atoms with van der Waals surface area (Å²) in [7, 11) is 0. The number of rotatable bonds is 5. The van der Waals surface area contributed by atoms with E-state index in [-0.39, 0.29) is 5.91 Å². The fraction of sp³-hybridized carbons (Fsp3) is 0.786. The second kappa shape index (κ2) is 6.68. The zero-order valence-electron chi connectivity index (χ0n) is 12.0. The van der Waals surface area contributed by atoms with E-state index in [2.05, 4.69) is 29.0 Å². The summed E-state index contributed by atoms with van der Waals surface area (Å²) in [5, 5.41) is 7.21. The third kappa shape index (κ3) is 4.33. The SMILES string of the molecule is CC(C)Cc1nc(CCN2CCCCCC2=O)n[nH]1. The molecule has 1 aliphatic heterocycles. The fourth-order valence-electron chi connectivity index (χ4n) is 2.43. The Balaban J connectivity index is 1.83. The number of likely N-dealkylation sites (tertiary alicyclic amines) is 1. The molecule has 0 unspecified atom stereocenters. The van der Waals surface area contributed by atoms with Crippen LogP contribution in [0.5, 0.6) is 0 Å². The average molecular weight is 264 g/mol. The van der Waals surface area contributed by atoms with Gasteiger partial charge in [0.1, 0.15) is 5.82 Å². The van der Waals surface area contributed by atoms with Crippen molar-refractivity contribution in [3.63, 3.8) is 0 Å². The number of aromatic nitrogens is 3. The van der Waals surface area contributed by atoms with Gasteiger partial charge in [0.15, 0.2) is 5.82 Å².